The van der Waals surface area contributed by atoms with Crippen LogP contribution in [-0.4, -0.2) is 23.1 Å². The molecule has 2 bridgehead atoms. The van der Waals surface area contributed by atoms with Crippen LogP contribution in [0.15, 0.2) is 16.5 Å². The Hall–Kier alpha value is -1.88. The van der Waals surface area contributed by atoms with Gasteiger partial charge in [-0.2, -0.15) is 4.98 Å². The maximum atomic E-state index is 12.3. The van der Waals surface area contributed by atoms with Gasteiger partial charge in [-0.15, -0.1) is 0 Å². The van der Waals surface area contributed by atoms with Gasteiger partial charge in [-0.1, -0.05) is 6.07 Å². The first-order valence-electron chi connectivity index (χ1n) is 7.44. The van der Waals surface area contributed by atoms with Crippen LogP contribution in [0.5, 0.6) is 0 Å². The molecule has 110 valence electrons. The topological polar surface area (TPSA) is 64.4 Å². The van der Waals surface area contributed by atoms with Gasteiger partial charge in [-0.05, 0) is 50.3 Å². The third kappa shape index (κ3) is 2.12. The molecule has 0 spiro atoms. The summed E-state index contributed by atoms with van der Waals surface area (Å²) in [5.41, 5.74) is 3.68. The summed E-state index contributed by atoms with van der Waals surface area (Å²) in [6, 6.07) is 4.29. The molecule has 4 rings (SSSR count). The number of nitrogens with one attached hydrogen (secondary N) is 1. The van der Waals surface area contributed by atoms with Crippen LogP contribution in [0.3, 0.4) is 0 Å². The number of ether oxygens (including phenoxy) is 1. The van der Waals surface area contributed by atoms with Crippen molar-refractivity contribution in [3.05, 3.63) is 23.3 Å². The summed E-state index contributed by atoms with van der Waals surface area (Å²) in [6.07, 6.45) is 3.21. The Morgan fingerprint density at radius 2 is 2.19 bits per heavy atom. The molecule has 0 unspecified atom stereocenters. The molecule has 1 aromatic heterocycles. The van der Waals surface area contributed by atoms with E-state index in [1.807, 2.05) is 26.0 Å². The summed E-state index contributed by atoms with van der Waals surface area (Å²) in [5, 5.41) is 2.81. The highest BCUT2D eigenvalue weighted by Crippen LogP contribution is 2.39. The second-order valence-corrected chi connectivity index (χ2v) is 6.15. The van der Waals surface area contributed by atoms with Crippen molar-refractivity contribution in [1.29, 1.82) is 0 Å². The number of hydrogen-bond acceptors (Lipinski definition) is 4. The molecule has 5 heteroatoms. The summed E-state index contributed by atoms with van der Waals surface area (Å²) in [5.74, 6) is -0.107. The van der Waals surface area contributed by atoms with Gasteiger partial charge < -0.3 is 9.15 Å². The summed E-state index contributed by atoms with van der Waals surface area (Å²) in [7, 11) is 0. The van der Waals surface area contributed by atoms with Crippen molar-refractivity contribution in [2.24, 2.45) is 5.92 Å². The van der Waals surface area contributed by atoms with E-state index in [2.05, 4.69) is 10.3 Å². The van der Waals surface area contributed by atoms with Gasteiger partial charge in [0.1, 0.15) is 5.52 Å². The van der Waals surface area contributed by atoms with Crippen molar-refractivity contribution in [2.45, 2.75) is 45.3 Å². The molecule has 5 nitrogen and oxygen atoms in total. The fourth-order valence-electron chi connectivity index (χ4n) is 3.54. The van der Waals surface area contributed by atoms with Gasteiger partial charge in [-0.25, -0.2) is 0 Å². The van der Waals surface area contributed by atoms with Crippen molar-refractivity contribution in [2.75, 3.05) is 5.32 Å². The van der Waals surface area contributed by atoms with Crippen molar-refractivity contribution >= 4 is 23.0 Å². The maximum absolute atomic E-state index is 12.3. The molecule has 0 saturated carbocycles. The lowest BCUT2D eigenvalue weighted by Crippen LogP contribution is -2.30. The molecule has 0 radical (unpaired) electrons. The minimum absolute atomic E-state index is 0.0388. The third-order valence-electron chi connectivity index (χ3n) is 4.49. The van der Waals surface area contributed by atoms with Gasteiger partial charge in [0.25, 0.3) is 0 Å². The first kappa shape index (κ1) is 12.8. The highest BCUT2D eigenvalue weighted by Gasteiger charge is 2.44. The van der Waals surface area contributed by atoms with Crippen molar-refractivity contribution in [1.82, 2.24) is 4.98 Å². The molecule has 21 heavy (non-hydrogen) atoms. The Labute approximate surface area is 122 Å². The Morgan fingerprint density at radius 1 is 1.33 bits per heavy atom. The van der Waals surface area contributed by atoms with Crippen LogP contribution < -0.4 is 5.32 Å². The number of benzene rings is 1. The van der Waals surface area contributed by atoms with E-state index in [-0.39, 0.29) is 30.0 Å². The van der Waals surface area contributed by atoms with Crippen LogP contribution in [0.4, 0.5) is 6.01 Å². The van der Waals surface area contributed by atoms with Gasteiger partial charge in [-0.3, -0.25) is 10.1 Å². The lowest BCUT2D eigenvalue weighted by molar-refractivity contribution is -0.121. The van der Waals surface area contributed by atoms with E-state index in [0.717, 1.165) is 41.5 Å². The number of aryl methyl sites for hydroxylation is 2. The standard InChI is InChI=1S/C16H18N2O3/c1-8-5-9(2)14-12(6-8)17-16(21-14)18-15(19)11-7-10-3-4-13(11)20-10/h5-6,10-11,13H,3-4,7H2,1-2H3,(H,17,18,19)/t10-,11-,13-/m1/s1. The normalized spacial score (nSPS) is 27.4. The van der Waals surface area contributed by atoms with Crippen LogP contribution in [0.25, 0.3) is 11.1 Å². The zero-order chi connectivity index (χ0) is 14.6. The zero-order valence-electron chi connectivity index (χ0n) is 12.2. The number of oxazole rings is 1. The summed E-state index contributed by atoms with van der Waals surface area (Å²) in [4.78, 5) is 16.7. The van der Waals surface area contributed by atoms with Gasteiger partial charge >= 0.3 is 6.01 Å². The highest BCUT2D eigenvalue weighted by molar-refractivity contribution is 5.92. The van der Waals surface area contributed by atoms with E-state index in [1.165, 1.54) is 0 Å². The molecule has 0 aliphatic carbocycles. The van der Waals surface area contributed by atoms with Crippen molar-refractivity contribution in [3.63, 3.8) is 0 Å². The van der Waals surface area contributed by atoms with E-state index in [4.69, 9.17) is 9.15 Å². The molecule has 3 atom stereocenters. The zero-order valence-corrected chi connectivity index (χ0v) is 12.2. The Bertz CT molecular complexity index is 722. The Balaban J connectivity index is 1.57. The van der Waals surface area contributed by atoms with E-state index in [1.54, 1.807) is 0 Å². The molecule has 1 aromatic carbocycles. The van der Waals surface area contributed by atoms with Crippen molar-refractivity contribution < 1.29 is 13.9 Å². The largest absolute Gasteiger partial charge is 0.423 e. The average Bonchev–Trinajstić information content (AvgIpc) is 3.12. The number of rotatable bonds is 2. The monoisotopic (exact) mass is 286 g/mol. The summed E-state index contributed by atoms with van der Waals surface area (Å²) >= 11 is 0. The van der Waals surface area contributed by atoms with Crippen LogP contribution in [0.1, 0.15) is 30.4 Å². The van der Waals surface area contributed by atoms with E-state index in [9.17, 15) is 4.79 Å². The Morgan fingerprint density at radius 3 is 2.90 bits per heavy atom. The molecule has 2 aliphatic rings. The fraction of sp³-hybridized carbons (Fsp3) is 0.500. The van der Waals surface area contributed by atoms with Crippen LogP contribution in [-0.2, 0) is 9.53 Å². The number of carbonyl (C=O) groups is 1. The predicted octanol–water partition coefficient (Wildman–Crippen LogP) is 2.95. The predicted molar refractivity (Wildman–Crippen MR) is 78.1 cm³/mol. The number of amides is 1. The minimum Gasteiger partial charge on any atom is -0.423 e. The molecule has 1 N–H and O–H groups in total. The average molecular weight is 286 g/mol. The first-order chi connectivity index (χ1) is 10.1. The number of anilines is 1. The van der Waals surface area contributed by atoms with Gasteiger partial charge in [0.2, 0.25) is 5.91 Å². The Kier molecular flexibility index (Phi) is 2.79. The second kappa shape index (κ2) is 4.56. The maximum Gasteiger partial charge on any atom is 0.302 e. The van der Waals surface area contributed by atoms with E-state index >= 15 is 0 Å². The third-order valence-corrected chi connectivity index (χ3v) is 4.49. The lowest BCUT2D eigenvalue weighted by atomic mass is 9.89. The van der Waals surface area contributed by atoms with Crippen LogP contribution in [0, 0.1) is 19.8 Å². The first-order valence-corrected chi connectivity index (χ1v) is 7.44. The molecule has 1 amide bonds. The number of nitrogens with zero attached hydrogens (tertiary/aromatic N) is 1. The molecular formula is C16H18N2O3. The van der Waals surface area contributed by atoms with Gasteiger partial charge in [0, 0.05) is 0 Å². The summed E-state index contributed by atoms with van der Waals surface area (Å²) < 4.78 is 11.4. The van der Waals surface area contributed by atoms with E-state index < -0.39 is 0 Å². The molecule has 2 aromatic rings. The number of hydrogen-bond donors (Lipinski definition) is 1. The number of aromatic nitrogens is 1. The lowest BCUT2D eigenvalue weighted by Gasteiger charge is -2.16. The second-order valence-electron chi connectivity index (χ2n) is 6.15. The van der Waals surface area contributed by atoms with Crippen LogP contribution >= 0.6 is 0 Å². The quantitative estimate of drug-likeness (QED) is 0.922. The molecule has 2 aliphatic heterocycles. The molecule has 2 fully saturated rings. The van der Waals surface area contributed by atoms with E-state index in [0.29, 0.717) is 0 Å². The molecule has 3 heterocycles. The van der Waals surface area contributed by atoms with Crippen molar-refractivity contribution in [3.8, 4) is 0 Å². The minimum atomic E-state index is -0.0680. The fourth-order valence-corrected chi connectivity index (χ4v) is 3.54. The SMILES string of the molecule is Cc1cc(C)c2oc(NC(=O)[C@@H]3C[C@H]4CC[C@H]3O4)nc2c1. The summed E-state index contributed by atoms with van der Waals surface area (Å²) in [6.45, 7) is 4.00. The van der Waals surface area contributed by atoms with Crippen LogP contribution in [0.2, 0.25) is 0 Å². The number of carbonyl (C=O) groups excluding carboxylic acids is 1. The molecule has 2 saturated heterocycles. The smallest absolute Gasteiger partial charge is 0.302 e. The number of fused-ring (bicyclic) bond motifs is 3. The van der Waals surface area contributed by atoms with Gasteiger partial charge in [0.15, 0.2) is 5.58 Å². The van der Waals surface area contributed by atoms with Gasteiger partial charge in [0.05, 0.1) is 18.1 Å². The highest BCUT2D eigenvalue weighted by atomic mass is 16.5. The molecular weight excluding hydrogens is 268 g/mol.